The van der Waals surface area contributed by atoms with Crippen molar-refractivity contribution in [3.63, 3.8) is 0 Å². The molecular weight excluding hydrogens is 302 g/mol. The third-order valence-corrected chi connectivity index (χ3v) is 4.45. The number of hydrogen-bond acceptors (Lipinski definition) is 2. The van der Waals surface area contributed by atoms with E-state index in [1.165, 1.54) is 29.4 Å². The van der Waals surface area contributed by atoms with Crippen molar-refractivity contribution in [1.29, 1.82) is 0 Å². The van der Waals surface area contributed by atoms with E-state index in [2.05, 4.69) is 54.0 Å². The lowest BCUT2D eigenvalue weighted by Gasteiger charge is -2.14. The molecule has 0 saturated carbocycles. The summed E-state index contributed by atoms with van der Waals surface area (Å²) >= 11 is 3.66. The Bertz CT molecular complexity index is 385. The molecule has 1 heterocycles. The fraction of sp³-hybridized carbons (Fsp3) is 0.800. The first-order valence-corrected chi connectivity index (χ1v) is 8.18. The topological polar surface area (TPSA) is 29.9 Å². The van der Waals surface area contributed by atoms with E-state index in [0.29, 0.717) is 6.04 Å². The quantitative estimate of drug-likeness (QED) is 0.779. The number of halogens is 1. The van der Waals surface area contributed by atoms with E-state index in [1.54, 1.807) is 0 Å². The molecule has 0 aliphatic carbocycles. The summed E-state index contributed by atoms with van der Waals surface area (Å²) in [5.74, 6) is 0.811. The van der Waals surface area contributed by atoms with Crippen LogP contribution in [0.3, 0.4) is 0 Å². The van der Waals surface area contributed by atoms with E-state index >= 15 is 0 Å². The number of aryl methyl sites for hydroxylation is 2. The molecule has 0 spiro atoms. The van der Waals surface area contributed by atoms with E-state index < -0.39 is 0 Å². The molecule has 1 unspecified atom stereocenters. The first-order chi connectivity index (χ1) is 8.95. The second-order valence-electron chi connectivity index (χ2n) is 5.79. The molecule has 3 nitrogen and oxygen atoms in total. The molecule has 0 aliphatic heterocycles. The second-order valence-corrected chi connectivity index (χ2v) is 6.58. The zero-order chi connectivity index (χ0) is 14.4. The standard InChI is InChI=1S/C15H28BrN3/c1-6-13-15(16)14(19(5)18-13)10-17-12(4)9-7-8-11(2)3/h11-12,17H,6-10H2,1-5H3. The van der Waals surface area contributed by atoms with Crippen molar-refractivity contribution in [2.45, 2.75) is 66.0 Å². The van der Waals surface area contributed by atoms with E-state index in [0.717, 1.165) is 24.6 Å². The van der Waals surface area contributed by atoms with Gasteiger partial charge in [0, 0.05) is 19.6 Å². The van der Waals surface area contributed by atoms with Crippen LogP contribution < -0.4 is 5.32 Å². The third kappa shape index (κ3) is 5.27. The van der Waals surface area contributed by atoms with Crippen molar-refractivity contribution in [3.8, 4) is 0 Å². The molecule has 1 aromatic heterocycles. The van der Waals surface area contributed by atoms with E-state index in [4.69, 9.17) is 0 Å². The Kier molecular flexibility index (Phi) is 7.08. The minimum absolute atomic E-state index is 0.561. The van der Waals surface area contributed by atoms with Crippen LogP contribution in [-0.4, -0.2) is 15.8 Å². The molecule has 0 radical (unpaired) electrons. The average Bonchev–Trinajstić information content (AvgIpc) is 2.61. The Balaban J connectivity index is 2.41. The molecular formula is C15H28BrN3. The Morgan fingerprint density at radius 1 is 1.26 bits per heavy atom. The summed E-state index contributed by atoms with van der Waals surface area (Å²) in [5.41, 5.74) is 2.39. The molecule has 110 valence electrons. The normalized spacial score (nSPS) is 13.2. The van der Waals surface area contributed by atoms with Gasteiger partial charge in [-0.15, -0.1) is 0 Å². The zero-order valence-electron chi connectivity index (χ0n) is 13.0. The summed E-state index contributed by atoms with van der Waals surface area (Å²) in [6.07, 6.45) is 4.84. The molecule has 0 fully saturated rings. The van der Waals surface area contributed by atoms with Crippen LogP contribution in [0.5, 0.6) is 0 Å². The van der Waals surface area contributed by atoms with Crippen molar-refractivity contribution in [2.24, 2.45) is 13.0 Å². The molecule has 0 saturated heterocycles. The van der Waals surface area contributed by atoms with Gasteiger partial charge in [0.15, 0.2) is 0 Å². The smallest absolute Gasteiger partial charge is 0.0767 e. The van der Waals surface area contributed by atoms with Gasteiger partial charge in [-0.3, -0.25) is 4.68 Å². The van der Waals surface area contributed by atoms with Crippen molar-refractivity contribution >= 4 is 15.9 Å². The second kappa shape index (κ2) is 8.05. The SMILES string of the molecule is CCc1nn(C)c(CNC(C)CCCC(C)C)c1Br. The van der Waals surface area contributed by atoms with Gasteiger partial charge in [0.2, 0.25) is 0 Å². The van der Waals surface area contributed by atoms with Crippen molar-refractivity contribution in [1.82, 2.24) is 15.1 Å². The van der Waals surface area contributed by atoms with Crippen LogP contribution in [0.25, 0.3) is 0 Å². The molecule has 0 bridgehead atoms. The lowest BCUT2D eigenvalue weighted by atomic mass is 10.0. The molecule has 0 aliphatic rings. The van der Waals surface area contributed by atoms with Crippen LogP contribution in [-0.2, 0) is 20.0 Å². The molecule has 4 heteroatoms. The molecule has 19 heavy (non-hydrogen) atoms. The maximum absolute atomic E-state index is 4.52. The first-order valence-electron chi connectivity index (χ1n) is 7.39. The fourth-order valence-corrected chi connectivity index (χ4v) is 2.97. The fourth-order valence-electron chi connectivity index (χ4n) is 2.22. The van der Waals surface area contributed by atoms with Gasteiger partial charge < -0.3 is 5.32 Å². The van der Waals surface area contributed by atoms with Crippen LogP contribution in [0.4, 0.5) is 0 Å². The van der Waals surface area contributed by atoms with Gasteiger partial charge >= 0.3 is 0 Å². The predicted octanol–water partition coefficient (Wildman–Crippen LogP) is 4.05. The lowest BCUT2D eigenvalue weighted by molar-refractivity contribution is 0.451. The van der Waals surface area contributed by atoms with Gasteiger partial charge in [-0.05, 0) is 41.6 Å². The van der Waals surface area contributed by atoms with Gasteiger partial charge in [-0.25, -0.2) is 0 Å². The van der Waals surface area contributed by atoms with Crippen LogP contribution in [0.1, 0.15) is 58.3 Å². The Labute approximate surface area is 126 Å². The minimum atomic E-state index is 0.561. The van der Waals surface area contributed by atoms with Gasteiger partial charge in [-0.1, -0.05) is 33.6 Å². The molecule has 0 amide bonds. The first kappa shape index (κ1) is 16.7. The van der Waals surface area contributed by atoms with Gasteiger partial charge in [0.25, 0.3) is 0 Å². The largest absolute Gasteiger partial charge is 0.309 e. The summed E-state index contributed by atoms with van der Waals surface area (Å²) in [6.45, 7) is 9.87. The Morgan fingerprint density at radius 2 is 1.95 bits per heavy atom. The minimum Gasteiger partial charge on any atom is -0.309 e. The van der Waals surface area contributed by atoms with Crippen molar-refractivity contribution in [3.05, 3.63) is 15.9 Å². The highest BCUT2D eigenvalue weighted by molar-refractivity contribution is 9.10. The summed E-state index contributed by atoms with van der Waals surface area (Å²) < 4.78 is 3.15. The molecule has 0 aromatic carbocycles. The maximum atomic E-state index is 4.52. The number of nitrogens with zero attached hydrogens (tertiary/aromatic N) is 2. The monoisotopic (exact) mass is 329 g/mol. The van der Waals surface area contributed by atoms with Crippen molar-refractivity contribution in [2.75, 3.05) is 0 Å². The summed E-state index contributed by atoms with van der Waals surface area (Å²) in [4.78, 5) is 0. The summed E-state index contributed by atoms with van der Waals surface area (Å²) in [5, 5.41) is 8.12. The van der Waals surface area contributed by atoms with Gasteiger partial charge in [0.05, 0.1) is 15.9 Å². The average molecular weight is 330 g/mol. The highest BCUT2D eigenvalue weighted by Crippen LogP contribution is 2.21. The van der Waals surface area contributed by atoms with Gasteiger partial charge in [0.1, 0.15) is 0 Å². The molecule has 1 N–H and O–H groups in total. The van der Waals surface area contributed by atoms with Gasteiger partial charge in [-0.2, -0.15) is 5.10 Å². The lowest BCUT2D eigenvalue weighted by Crippen LogP contribution is -2.26. The van der Waals surface area contributed by atoms with Crippen LogP contribution >= 0.6 is 15.9 Å². The highest BCUT2D eigenvalue weighted by atomic mass is 79.9. The third-order valence-electron chi connectivity index (χ3n) is 3.54. The number of nitrogens with one attached hydrogen (secondary N) is 1. The zero-order valence-corrected chi connectivity index (χ0v) is 14.5. The van der Waals surface area contributed by atoms with Crippen LogP contribution in [0.2, 0.25) is 0 Å². The molecule has 1 rings (SSSR count). The number of hydrogen-bond donors (Lipinski definition) is 1. The van der Waals surface area contributed by atoms with E-state index in [9.17, 15) is 0 Å². The number of rotatable bonds is 8. The van der Waals surface area contributed by atoms with Crippen LogP contribution in [0, 0.1) is 5.92 Å². The van der Waals surface area contributed by atoms with E-state index in [1.807, 2.05) is 11.7 Å². The van der Waals surface area contributed by atoms with Crippen molar-refractivity contribution < 1.29 is 0 Å². The predicted molar refractivity (Wildman–Crippen MR) is 85.3 cm³/mol. The number of aromatic nitrogens is 2. The van der Waals surface area contributed by atoms with E-state index in [-0.39, 0.29) is 0 Å². The Hall–Kier alpha value is -0.350. The molecule has 1 atom stereocenters. The summed E-state index contributed by atoms with van der Waals surface area (Å²) in [7, 11) is 2.02. The summed E-state index contributed by atoms with van der Waals surface area (Å²) in [6, 6.07) is 0.561. The maximum Gasteiger partial charge on any atom is 0.0767 e. The van der Waals surface area contributed by atoms with Crippen LogP contribution in [0.15, 0.2) is 4.47 Å². The Morgan fingerprint density at radius 3 is 2.47 bits per heavy atom. The molecule has 1 aromatic rings. The highest BCUT2D eigenvalue weighted by Gasteiger charge is 2.13.